The fraction of sp³-hybridized carbons (Fsp3) is 0.476. The number of halogens is 1. The van der Waals surface area contributed by atoms with Crippen molar-refractivity contribution in [3.05, 3.63) is 55.7 Å². The number of aromatic amines is 1. The van der Waals surface area contributed by atoms with Gasteiger partial charge in [-0.25, -0.2) is 4.98 Å². The molecule has 1 aliphatic rings. The summed E-state index contributed by atoms with van der Waals surface area (Å²) in [6.45, 7) is 5.73. The summed E-state index contributed by atoms with van der Waals surface area (Å²) < 4.78 is 0. The highest BCUT2D eigenvalue weighted by Crippen LogP contribution is 2.31. The average Bonchev–Trinajstić information content (AvgIpc) is 3.16. The lowest BCUT2D eigenvalue weighted by molar-refractivity contribution is 0.0945. The molecule has 2 N–H and O–H groups in total. The lowest BCUT2D eigenvalue weighted by Crippen LogP contribution is -2.32. The van der Waals surface area contributed by atoms with E-state index in [1.165, 1.54) is 12.8 Å². The minimum atomic E-state index is -0.333. The van der Waals surface area contributed by atoms with Gasteiger partial charge in [-0.1, -0.05) is 24.4 Å². The minimum Gasteiger partial charge on any atom is -0.371 e. The van der Waals surface area contributed by atoms with Gasteiger partial charge in [-0.3, -0.25) is 9.59 Å². The second kappa shape index (κ2) is 8.35. The first-order chi connectivity index (χ1) is 13.3. The number of carbonyl (C=O) groups is 1. The predicted octanol–water partition coefficient (Wildman–Crippen LogP) is 3.66. The topological polar surface area (TPSA) is 78.1 Å². The largest absolute Gasteiger partial charge is 0.371 e. The maximum Gasteiger partial charge on any atom is 0.270 e. The van der Waals surface area contributed by atoms with E-state index in [1.54, 1.807) is 0 Å². The quantitative estimate of drug-likeness (QED) is 0.748. The number of anilines is 1. The van der Waals surface area contributed by atoms with E-state index in [0.29, 0.717) is 22.5 Å². The van der Waals surface area contributed by atoms with Crippen LogP contribution in [-0.4, -0.2) is 29.0 Å². The van der Waals surface area contributed by atoms with Gasteiger partial charge in [0.2, 0.25) is 0 Å². The Morgan fingerprint density at radius 1 is 1.29 bits per heavy atom. The summed E-state index contributed by atoms with van der Waals surface area (Å²) in [4.78, 5) is 34.2. The number of pyridine rings is 2. The van der Waals surface area contributed by atoms with Gasteiger partial charge in [0.1, 0.15) is 10.8 Å². The smallest absolute Gasteiger partial charge is 0.270 e. The van der Waals surface area contributed by atoms with E-state index in [-0.39, 0.29) is 18.0 Å². The average molecular weight is 403 g/mol. The zero-order valence-electron chi connectivity index (χ0n) is 16.9. The van der Waals surface area contributed by atoms with Gasteiger partial charge >= 0.3 is 0 Å². The van der Waals surface area contributed by atoms with E-state index in [4.69, 9.17) is 11.6 Å². The number of hydrogen-bond donors (Lipinski definition) is 2. The molecular formula is C21H27ClN4O2. The van der Waals surface area contributed by atoms with Crippen LogP contribution < -0.4 is 15.8 Å². The zero-order valence-corrected chi connectivity index (χ0v) is 17.6. The Kier molecular flexibility index (Phi) is 6.08. The van der Waals surface area contributed by atoms with Crippen molar-refractivity contribution in [2.24, 2.45) is 0 Å². The Labute approximate surface area is 170 Å². The van der Waals surface area contributed by atoms with Crippen molar-refractivity contribution in [1.82, 2.24) is 15.3 Å². The number of H-pyrrole nitrogens is 1. The lowest BCUT2D eigenvalue weighted by atomic mass is 10.1. The number of hydrogen-bond acceptors (Lipinski definition) is 4. The number of rotatable bonds is 5. The summed E-state index contributed by atoms with van der Waals surface area (Å²) in [5.41, 5.74) is 4.03. The maximum atomic E-state index is 12.8. The third kappa shape index (κ3) is 4.22. The van der Waals surface area contributed by atoms with Crippen LogP contribution in [0.15, 0.2) is 16.9 Å². The molecule has 0 aliphatic heterocycles. The second-order valence-corrected chi connectivity index (χ2v) is 8.00. The van der Waals surface area contributed by atoms with Crippen LogP contribution in [0.25, 0.3) is 0 Å². The van der Waals surface area contributed by atoms with Gasteiger partial charge < -0.3 is 15.2 Å². The minimum absolute atomic E-state index is 0.141. The lowest BCUT2D eigenvalue weighted by Gasteiger charge is -2.28. The van der Waals surface area contributed by atoms with Gasteiger partial charge in [0.05, 0.1) is 0 Å². The molecule has 0 unspecified atom stereocenters. The molecule has 6 nitrogen and oxygen atoms in total. The molecule has 1 amide bonds. The highest BCUT2D eigenvalue weighted by atomic mass is 35.5. The molecule has 0 saturated heterocycles. The van der Waals surface area contributed by atoms with Gasteiger partial charge in [-0.15, -0.1) is 0 Å². The van der Waals surface area contributed by atoms with E-state index in [9.17, 15) is 9.59 Å². The zero-order chi connectivity index (χ0) is 20.4. The van der Waals surface area contributed by atoms with Crippen LogP contribution in [0.2, 0.25) is 5.15 Å². The summed E-state index contributed by atoms with van der Waals surface area (Å²) >= 11 is 6.23. The van der Waals surface area contributed by atoms with Gasteiger partial charge in [-0.2, -0.15) is 0 Å². The van der Waals surface area contributed by atoms with Crippen molar-refractivity contribution >= 4 is 23.2 Å². The molecule has 2 aromatic rings. The molecule has 0 atom stereocenters. The van der Waals surface area contributed by atoms with E-state index < -0.39 is 0 Å². The number of carbonyl (C=O) groups excluding carboxylic acids is 1. The van der Waals surface area contributed by atoms with Crippen LogP contribution in [0.4, 0.5) is 5.69 Å². The van der Waals surface area contributed by atoms with Gasteiger partial charge in [0.25, 0.3) is 11.5 Å². The summed E-state index contributed by atoms with van der Waals surface area (Å²) in [5, 5.41) is 3.11. The first-order valence-corrected chi connectivity index (χ1v) is 10.0. The molecule has 0 radical (unpaired) electrons. The number of nitrogens with one attached hydrogen (secondary N) is 2. The highest BCUT2D eigenvalue weighted by molar-refractivity contribution is 6.30. The Bertz CT molecular complexity index is 948. The van der Waals surface area contributed by atoms with E-state index in [2.05, 4.69) is 20.2 Å². The molecule has 150 valence electrons. The van der Waals surface area contributed by atoms with Crippen LogP contribution >= 0.6 is 11.6 Å². The predicted molar refractivity (Wildman–Crippen MR) is 112 cm³/mol. The summed E-state index contributed by atoms with van der Waals surface area (Å²) in [6.07, 6.45) is 4.75. The molecule has 28 heavy (non-hydrogen) atoms. The van der Waals surface area contributed by atoms with E-state index >= 15 is 0 Å². The number of aromatic nitrogens is 2. The molecule has 0 spiro atoms. The Hall–Kier alpha value is -2.34. The molecule has 7 heteroatoms. The van der Waals surface area contributed by atoms with Crippen LogP contribution in [-0.2, 0) is 6.54 Å². The van der Waals surface area contributed by atoms with Crippen molar-refractivity contribution in [2.75, 3.05) is 11.9 Å². The summed E-state index contributed by atoms with van der Waals surface area (Å²) in [6, 6.07) is 4.17. The van der Waals surface area contributed by atoms with Crippen molar-refractivity contribution in [3.63, 3.8) is 0 Å². The van der Waals surface area contributed by atoms with Crippen molar-refractivity contribution in [2.45, 2.75) is 59.0 Å². The van der Waals surface area contributed by atoms with Crippen molar-refractivity contribution < 1.29 is 4.79 Å². The molecule has 1 saturated carbocycles. The van der Waals surface area contributed by atoms with Crippen molar-refractivity contribution in [3.8, 4) is 0 Å². The third-order valence-electron chi connectivity index (χ3n) is 5.60. The van der Waals surface area contributed by atoms with Gasteiger partial charge in [-0.05, 0) is 51.3 Å². The molecule has 1 aliphatic carbocycles. The Morgan fingerprint density at radius 3 is 2.61 bits per heavy atom. The maximum absolute atomic E-state index is 12.8. The first kappa shape index (κ1) is 20.4. The molecule has 3 rings (SSSR count). The molecule has 1 fully saturated rings. The van der Waals surface area contributed by atoms with Crippen LogP contribution in [0.1, 0.15) is 58.6 Å². The molecular weight excluding hydrogens is 376 g/mol. The Balaban J connectivity index is 1.83. The first-order valence-electron chi connectivity index (χ1n) is 9.65. The molecule has 2 heterocycles. The monoisotopic (exact) mass is 402 g/mol. The third-order valence-corrected chi connectivity index (χ3v) is 5.79. The molecule has 2 aromatic heterocycles. The second-order valence-electron chi connectivity index (χ2n) is 7.61. The number of nitrogens with zero attached hydrogens (tertiary/aromatic N) is 2. The van der Waals surface area contributed by atoms with Crippen molar-refractivity contribution in [1.29, 1.82) is 0 Å². The Morgan fingerprint density at radius 2 is 1.96 bits per heavy atom. The summed E-state index contributed by atoms with van der Waals surface area (Å²) in [5.74, 6) is -0.333. The normalized spacial score (nSPS) is 14.3. The van der Waals surface area contributed by atoms with Gasteiger partial charge in [0, 0.05) is 42.1 Å². The highest BCUT2D eigenvalue weighted by Gasteiger charge is 2.24. The fourth-order valence-electron chi connectivity index (χ4n) is 3.99. The van der Waals surface area contributed by atoms with Gasteiger partial charge in [0.15, 0.2) is 0 Å². The van der Waals surface area contributed by atoms with Crippen LogP contribution in [0.3, 0.4) is 0 Å². The van der Waals surface area contributed by atoms with E-state index in [0.717, 1.165) is 35.3 Å². The molecule has 0 bridgehead atoms. The SMILES string of the molecule is Cc1cc(C)c(CNC(=O)c2nc(Cl)cc(N(C)C3CCCC3)c2C)c(=O)[nH]1. The van der Waals surface area contributed by atoms with Crippen LogP contribution in [0.5, 0.6) is 0 Å². The standard InChI is InChI=1S/C21H27ClN4O2/c1-12-9-13(2)24-20(27)16(12)11-23-21(28)19-14(3)17(10-18(22)25-19)26(4)15-7-5-6-8-15/h9-10,15H,5-8,11H2,1-4H3,(H,23,28)(H,24,27). The fourth-order valence-corrected chi connectivity index (χ4v) is 4.18. The summed E-state index contributed by atoms with van der Waals surface area (Å²) in [7, 11) is 2.05. The van der Waals surface area contributed by atoms with E-state index in [1.807, 2.05) is 40.0 Å². The van der Waals surface area contributed by atoms with Crippen LogP contribution in [0, 0.1) is 20.8 Å². The number of amides is 1. The number of aryl methyl sites for hydroxylation is 2. The molecule has 0 aromatic carbocycles.